The minimum absolute atomic E-state index is 0. The molecule has 2 aromatic carbocycles. The molecule has 25 heavy (non-hydrogen) atoms. The van der Waals surface area contributed by atoms with Gasteiger partial charge in [-0.25, -0.2) is 0 Å². The van der Waals surface area contributed by atoms with Crippen LogP contribution in [0.2, 0.25) is 0 Å². The number of rotatable bonds is 5. The van der Waals surface area contributed by atoms with Gasteiger partial charge in [0.15, 0.2) is 0 Å². The van der Waals surface area contributed by atoms with Crippen LogP contribution < -0.4 is 24.8 Å². The van der Waals surface area contributed by atoms with Gasteiger partial charge in [0.25, 0.3) is 0 Å². The third-order valence-corrected chi connectivity index (χ3v) is 11.4. The summed E-state index contributed by atoms with van der Waals surface area (Å²) < 4.78 is 2.59. The van der Waals surface area contributed by atoms with Crippen LogP contribution in [0.4, 0.5) is 0 Å². The normalized spacial score (nSPS) is 14.4. The van der Waals surface area contributed by atoms with Crippen LogP contribution in [0.25, 0.3) is 11.1 Å². The van der Waals surface area contributed by atoms with Crippen LogP contribution in [0, 0.1) is 0 Å². The first kappa shape index (κ1) is 20.7. The zero-order chi connectivity index (χ0) is 15.6. The number of hydrogen-bond donors (Lipinski definition) is 0. The van der Waals surface area contributed by atoms with Crippen molar-refractivity contribution in [1.29, 1.82) is 0 Å². The van der Waals surface area contributed by atoms with E-state index in [-0.39, 0.29) is 24.8 Å². The monoisotopic (exact) mass is 536 g/mol. The molecule has 0 nitrogen and oxygen atoms in total. The smallest absolute Gasteiger partial charge is 1.00 e. The van der Waals surface area contributed by atoms with Gasteiger partial charge >= 0.3 is 151 Å². The molecule has 0 spiro atoms. The van der Waals surface area contributed by atoms with E-state index in [2.05, 4.69) is 67.6 Å². The van der Waals surface area contributed by atoms with E-state index in [1.54, 1.807) is 16.7 Å². The second-order valence-corrected chi connectivity index (χ2v) is 11.7. The molecule has 0 unspecified atom stereocenters. The van der Waals surface area contributed by atoms with Gasteiger partial charge in [0, 0.05) is 0 Å². The second-order valence-electron chi connectivity index (χ2n) is 6.47. The largest absolute Gasteiger partial charge is 1.00 e. The van der Waals surface area contributed by atoms with E-state index >= 15 is 0 Å². The van der Waals surface area contributed by atoms with Crippen molar-refractivity contribution >= 4 is 0 Å². The average Bonchev–Trinajstić information content (AvgIpc) is 3.17. The fourth-order valence-corrected chi connectivity index (χ4v) is 10.2. The van der Waals surface area contributed by atoms with Crippen molar-refractivity contribution in [3.05, 3.63) is 80.7 Å². The maximum Gasteiger partial charge on any atom is -1.00 e. The third-order valence-electron chi connectivity index (χ3n) is 4.98. The predicted molar refractivity (Wildman–Crippen MR) is 94.0 cm³/mol. The molecule has 0 heterocycles. The number of fused-ring (bicyclic) bond motifs is 3. The van der Waals surface area contributed by atoms with Gasteiger partial charge in [-0.2, -0.15) is 0 Å². The first-order chi connectivity index (χ1) is 11.4. The van der Waals surface area contributed by atoms with Crippen LogP contribution in [0.3, 0.4) is 0 Å². The van der Waals surface area contributed by atoms with Gasteiger partial charge in [-0.05, 0) is 0 Å². The van der Waals surface area contributed by atoms with Crippen LogP contribution in [0.1, 0.15) is 47.4 Å². The Morgan fingerprint density at radius 1 is 0.920 bits per heavy atom. The van der Waals surface area contributed by atoms with E-state index in [4.69, 9.17) is 0 Å². The van der Waals surface area contributed by atoms with E-state index in [1.807, 2.05) is 3.33 Å². The minimum atomic E-state index is -0.908. The Morgan fingerprint density at radius 3 is 2.12 bits per heavy atom. The van der Waals surface area contributed by atoms with E-state index in [1.165, 1.54) is 36.8 Å². The molecule has 0 bridgehead atoms. The topological polar surface area (TPSA) is 0 Å². The van der Waals surface area contributed by atoms with Crippen molar-refractivity contribution in [2.75, 3.05) is 0 Å². The average molecular weight is 536 g/mol. The minimum Gasteiger partial charge on any atom is -1.00 e. The Kier molecular flexibility index (Phi) is 7.73. The van der Waals surface area contributed by atoms with Crippen LogP contribution in [0.15, 0.2) is 69.6 Å². The molecule has 0 aliphatic heterocycles. The van der Waals surface area contributed by atoms with Gasteiger partial charge < -0.3 is 24.8 Å². The van der Waals surface area contributed by atoms with Crippen LogP contribution in [-0.2, 0) is 22.9 Å². The van der Waals surface area contributed by atoms with Gasteiger partial charge in [-0.15, -0.1) is 0 Å². The predicted octanol–water partition coefficient (Wildman–Crippen LogP) is 0.251. The molecule has 128 valence electrons. The zero-order valence-electron chi connectivity index (χ0n) is 14.4. The van der Waals surface area contributed by atoms with E-state index in [0.29, 0.717) is 0 Å². The van der Waals surface area contributed by atoms with Crippen molar-refractivity contribution < 1.29 is 47.7 Å². The first-order valence-corrected chi connectivity index (χ1v) is 12.6. The fraction of sp³-hybridized carbons (Fsp3) is 0.273. The zero-order valence-corrected chi connectivity index (χ0v) is 19.5. The number of halogens is 2. The van der Waals surface area contributed by atoms with E-state index in [9.17, 15) is 0 Å². The Balaban J connectivity index is 0.00000113. The first-order valence-electron chi connectivity index (χ1n) is 8.72. The molecule has 3 heteroatoms. The summed E-state index contributed by atoms with van der Waals surface area (Å²) in [4.78, 5) is 0. The molecular formula is C22H22Cl2Hf. The molecule has 0 aromatic heterocycles. The van der Waals surface area contributed by atoms with Gasteiger partial charge in [0.2, 0.25) is 0 Å². The molecule has 2 aliphatic carbocycles. The maximum absolute atomic E-state index is 2.42. The van der Waals surface area contributed by atoms with E-state index < -0.39 is 22.9 Å². The second kappa shape index (κ2) is 9.35. The summed E-state index contributed by atoms with van der Waals surface area (Å²) in [6.45, 7) is 2.30. The standard InChI is InChI=1S/C13H9.C9H13.2ClH.Hf/c1-3-7-12-10(5-1)9-11-6-2-4-8-13(11)12;1-2-3-6-9-7-4-5-8-9;;;/h1-9H;4,7H,2-3,5-6H2,1H3;2*1H;/q;;;;+2/p-2. The summed E-state index contributed by atoms with van der Waals surface area (Å²) in [6, 6.07) is 18.2. The molecule has 0 radical (unpaired) electrons. The molecule has 0 atom stereocenters. The van der Waals surface area contributed by atoms with Crippen molar-refractivity contribution in [3.63, 3.8) is 0 Å². The maximum atomic E-state index is 2.42. The summed E-state index contributed by atoms with van der Waals surface area (Å²) in [5.41, 5.74) is 7.87. The fourth-order valence-electron chi connectivity index (χ4n) is 3.79. The van der Waals surface area contributed by atoms with Crippen molar-refractivity contribution in [1.82, 2.24) is 0 Å². The number of benzene rings is 2. The van der Waals surface area contributed by atoms with Gasteiger partial charge in [-0.1, -0.05) is 0 Å². The molecule has 4 rings (SSSR count). The van der Waals surface area contributed by atoms with Gasteiger partial charge in [0.1, 0.15) is 0 Å². The Hall–Kier alpha value is -0.630. The molecule has 0 amide bonds. The number of unbranched alkanes of at least 4 members (excludes halogenated alkanes) is 1. The van der Waals surface area contributed by atoms with Crippen LogP contribution >= 0.6 is 0 Å². The summed E-state index contributed by atoms with van der Waals surface area (Å²) in [7, 11) is 0. The summed E-state index contributed by atoms with van der Waals surface area (Å²) in [5.74, 6) is 0. The molecule has 2 aliphatic rings. The van der Waals surface area contributed by atoms with Crippen LogP contribution in [0.5, 0.6) is 0 Å². The molecule has 0 saturated carbocycles. The van der Waals surface area contributed by atoms with E-state index in [0.717, 1.165) is 3.67 Å². The summed E-state index contributed by atoms with van der Waals surface area (Å²) in [5, 5.41) is 0. The molecule has 0 saturated heterocycles. The molecule has 0 N–H and O–H groups in total. The molecule has 0 fully saturated rings. The SMILES string of the molecule is CCCCC1=[C]([Hf+2][CH]2c3ccccc3-c3ccccc32)CC=C1.[Cl-].[Cl-]. The van der Waals surface area contributed by atoms with Crippen molar-refractivity contribution in [3.8, 4) is 11.1 Å². The van der Waals surface area contributed by atoms with Gasteiger partial charge in [0.05, 0.1) is 0 Å². The summed E-state index contributed by atoms with van der Waals surface area (Å²) >= 11 is -0.908. The number of hydrogen-bond acceptors (Lipinski definition) is 0. The Morgan fingerprint density at radius 2 is 1.52 bits per heavy atom. The number of allylic oxidation sites excluding steroid dienone is 4. The van der Waals surface area contributed by atoms with Gasteiger partial charge in [-0.3, -0.25) is 0 Å². The van der Waals surface area contributed by atoms with Crippen molar-refractivity contribution in [2.24, 2.45) is 0 Å². The van der Waals surface area contributed by atoms with Crippen molar-refractivity contribution in [2.45, 2.75) is 36.3 Å². The Labute approximate surface area is 175 Å². The molecule has 2 aromatic rings. The van der Waals surface area contributed by atoms with Crippen LogP contribution in [-0.4, -0.2) is 0 Å². The quantitative estimate of drug-likeness (QED) is 0.482. The summed E-state index contributed by atoms with van der Waals surface area (Å²) in [6.07, 6.45) is 10.00. The molecular weight excluding hydrogens is 514 g/mol. The Bertz CT molecular complexity index is 747. The third kappa shape index (κ3) is 4.04.